The monoisotopic (exact) mass is 235 g/mol. The maximum atomic E-state index is 4.52. The zero-order valence-electron chi connectivity index (χ0n) is 9.52. The number of nitrogens with one attached hydrogen (secondary N) is 1. The maximum Gasteiger partial charge on any atom is 0.0762 e. The van der Waals surface area contributed by atoms with Crippen LogP contribution >= 0.6 is 11.3 Å². The van der Waals surface area contributed by atoms with E-state index in [1.54, 1.807) is 11.3 Å². The Balaban J connectivity index is 1.87. The molecule has 0 radical (unpaired) electrons. The molecule has 2 rings (SSSR count). The van der Waals surface area contributed by atoms with Crippen LogP contribution in [-0.2, 0) is 13.1 Å². The van der Waals surface area contributed by atoms with E-state index in [4.69, 9.17) is 0 Å². The van der Waals surface area contributed by atoms with Gasteiger partial charge in [0.25, 0.3) is 0 Å². The van der Waals surface area contributed by atoms with Crippen LogP contribution < -0.4 is 5.32 Å². The Morgan fingerprint density at radius 2 is 2.38 bits per heavy atom. The van der Waals surface area contributed by atoms with Crippen molar-refractivity contribution in [3.05, 3.63) is 40.3 Å². The molecule has 0 aromatic carbocycles. The van der Waals surface area contributed by atoms with Gasteiger partial charge in [-0.25, -0.2) is 0 Å². The average Bonchev–Trinajstić information content (AvgIpc) is 2.91. The summed E-state index contributed by atoms with van der Waals surface area (Å²) in [7, 11) is 0. The van der Waals surface area contributed by atoms with E-state index < -0.39 is 0 Å². The van der Waals surface area contributed by atoms with Gasteiger partial charge in [0.15, 0.2) is 0 Å². The number of rotatable bonds is 6. The van der Waals surface area contributed by atoms with Gasteiger partial charge in [0, 0.05) is 12.7 Å². The topological polar surface area (TPSA) is 29.9 Å². The van der Waals surface area contributed by atoms with E-state index >= 15 is 0 Å². The van der Waals surface area contributed by atoms with Crippen LogP contribution in [0.4, 0.5) is 0 Å². The summed E-state index contributed by atoms with van der Waals surface area (Å²) in [6.07, 6.45) is 3.20. The van der Waals surface area contributed by atoms with Gasteiger partial charge in [0.1, 0.15) is 0 Å². The highest BCUT2D eigenvalue weighted by Gasteiger charge is 1.99. The predicted octanol–water partition coefficient (Wildman–Crippen LogP) is 2.49. The van der Waals surface area contributed by atoms with E-state index in [2.05, 4.69) is 40.2 Å². The van der Waals surface area contributed by atoms with E-state index in [1.807, 2.05) is 10.9 Å². The third-order valence-electron chi connectivity index (χ3n) is 2.35. The summed E-state index contributed by atoms with van der Waals surface area (Å²) >= 11 is 1.73. The van der Waals surface area contributed by atoms with Crippen LogP contribution in [0.1, 0.15) is 24.6 Å². The van der Waals surface area contributed by atoms with Crippen LogP contribution in [-0.4, -0.2) is 16.3 Å². The maximum absolute atomic E-state index is 4.52. The van der Waals surface area contributed by atoms with Gasteiger partial charge < -0.3 is 5.32 Å². The molecule has 0 atom stereocenters. The number of thiophene rings is 1. The molecule has 0 amide bonds. The van der Waals surface area contributed by atoms with Gasteiger partial charge in [0.2, 0.25) is 0 Å². The molecule has 0 unspecified atom stereocenters. The summed E-state index contributed by atoms with van der Waals surface area (Å²) in [6.45, 7) is 4.96. The zero-order chi connectivity index (χ0) is 11.2. The Hall–Kier alpha value is -1.13. The first-order chi connectivity index (χ1) is 7.88. The SMILES string of the molecule is CCCNCc1ccn(Cc2ccsc2)n1. The molecule has 4 heteroatoms. The minimum atomic E-state index is 0.866. The first kappa shape index (κ1) is 11.4. The minimum absolute atomic E-state index is 0.866. The van der Waals surface area contributed by atoms with E-state index in [9.17, 15) is 0 Å². The lowest BCUT2D eigenvalue weighted by molar-refractivity contribution is 0.629. The first-order valence-corrected chi connectivity index (χ1v) is 6.57. The van der Waals surface area contributed by atoms with E-state index in [-0.39, 0.29) is 0 Å². The van der Waals surface area contributed by atoms with Crippen molar-refractivity contribution in [1.82, 2.24) is 15.1 Å². The molecular weight excluding hydrogens is 218 g/mol. The summed E-state index contributed by atoms with van der Waals surface area (Å²) < 4.78 is 1.99. The van der Waals surface area contributed by atoms with Crippen LogP contribution in [0.15, 0.2) is 29.1 Å². The largest absolute Gasteiger partial charge is 0.311 e. The summed E-state index contributed by atoms with van der Waals surface area (Å²) in [5.41, 5.74) is 2.44. The van der Waals surface area contributed by atoms with Crippen molar-refractivity contribution in [3.8, 4) is 0 Å². The van der Waals surface area contributed by atoms with Gasteiger partial charge in [-0.3, -0.25) is 4.68 Å². The van der Waals surface area contributed by atoms with Gasteiger partial charge in [-0.1, -0.05) is 6.92 Å². The fourth-order valence-electron chi connectivity index (χ4n) is 1.55. The Bertz CT molecular complexity index is 406. The molecule has 0 aliphatic heterocycles. The Morgan fingerprint density at radius 3 is 3.12 bits per heavy atom. The second-order valence-electron chi connectivity index (χ2n) is 3.81. The summed E-state index contributed by atoms with van der Waals surface area (Å²) in [6, 6.07) is 4.22. The second kappa shape index (κ2) is 5.82. The molecule has 0 saturated carbocycles. The highest BCUT2D eigenvalue weighted by Crippen LogP contribution is 2.07. The average molecular weight is 235 g/mol. The lowest BCUT2D eigenvalue weighted by Gasteiger charge is -2.00. The van der Waals surface area contributed by atoms with Crippen LogP contribution in [0.5, 0.6) is 0 Å². The molecular formula is C12H17N3S. The van der Waals surface area contributed by atoms with Gasteiger partial charge >= 0.3 is 0 Å². The number of hydrogen-bond acceptors (Lipinski definition) is 3. The third-order valence-corrected chi connectivity index (χ3v) is 3.09. The van der Waals surface area contributed by atoms with Crippen LogP contribution in [0.25, 0.3) is 0 Å². The molecule has 0 aliphatic rings. The fraction of sp³-hybridized carbons (Fsp3) is 0.417. The standard InChI is InChI=1S/C12H17N3S/c1-2-5-13-8-12-3-6-15(14-12)9-11-4-7-16-10-11/h3-4,6-7,10,13H,2,5,8-9H2,1H3. The van der Waals surface area contributed by atoms with Crippen molar-refractivity contribution in [2.75, 3.05) is 6.54 Å². The fourth-order valence-corrected chi connectivity index (χ4v) is 2.21. The van der Waals surface area contributed by atoms with Crippen molar-refractivity contribution in [2.24, 2.45) is 0 Å². The Kier molecular flexibility index (Phi) is 4.13. The molecule has 0 saturated heterocycles. The van der Waals surface area contributed by atoms with Crippen LogP contribution in [0.3, 0.4) is 0 Å². The molecule has 86 valence electrons. The quantitative estimate of drug-likeness (QED) is 0.780. The van der Waals surface area contributed by atoms with Crippen molar-refractivity contribution in [3.63, 3.8) is 0 Å². The molecule has 3 nitrogen and oxygen atoms in total. The minimum Gasteiger partial charge on any atom is -0.311 e. The second-order valence-corrected chi connectivity index (χ2v) is 4.59. The van der Waals surface area contributed by atoms with Gasteiger partial charge in [-0.2, -0.15) is 16.4 Å². The van der Waals surface area contributed by atoms with E-state index in [0.29, 0.717) is 0 Å². The highest BCUT2D eigenvalue weighted by atomic mass is 32.1. The zero-order valence-corrected chi connectivity index (χ0v) is 10.3. The molecule has 0 fully saturated rings. The van der Waals surface area contributed by atoms with Crippen molar-refractivity contribution in [2.45, 2.75) is 26.4 Å². The normalized spacial score (nSPS) is 10.8. The van der Waals surface area contributed by atoms with Crippen LogP contribution in [0, 0.1) is 0 Å². The number of hydrogen-bond donors (Lipinski definition) is 1. The molecule has 0 aliphatic carbocycles. The van der Waals surface area contributed by atoms with Crippen molar-refractivity contribution < 1.29 is 0 Å². The molecule has 2 aromatic rings. The van der Waals surface area contributed by atoms with Gasteiger partial charge in [-0.05, 0) is 41.4 Å². The predicted molar refractivity (Wildman–Crippen MR) is 67.6 cm³/mol. The van der Waals surface area contributed by atoms with E-state index in [1.165, 1.54) is 5.56 Å². The Morgan fingerprint density at radius 1 is 1.44 bits per heavy atom. The van der Waals surface area contributed by atoms with E-state index in [0.717, 1.165) is 31.7 Å². The van der Waals surface area contributed by atoms with Crippen molar-refractivity contribution >= 4 is 11.3 Å². The van der Waals surface area contributed by atoms with Gasteiger partial charge in [0.05, 0.1) is 12.2 Å². The molecule has 16 heavy (non-hydrogen) atoms. The molecule has 2 aromatic heterocycles. The summed E-state index contributed by atoms with van der Waals surface area (Å²) in [4.78, 5) is 0. The highest BCUT2D eigenvalue weighted by molar-refractivity contribution is 7.07. The molecule has 0 bridgehead atoms. The summed E-state index contributed by atoms with van der Waals surface area (Å²) in [5, 5.41) is 12.1. The van der Waals surface area contributed by atoms with Crippen molar-refractivity contribution in [1.29, 1.82) is 0 Å². The third kappa shape index (κ3) is 3.18. The lowest BCUT2D eigenvalue weighted by Crippen LogP contribution is -2.14. The smallest absolute Gasteiger partial charge is 0.0762 e. The van der Waals surface area contributed by atoms with Crippen LogP contribution in [0.2, 0.25) is 0 Å². The lowest BCUT2D eigenvalue weighted by atomic mass is 10.3. The first-order valence-electron chi connectivity index (χ1n) is 5.62. The number of aromatic nitrogens is 2. The molecule has 1 N–H and O–H groups in total. The number of nitrogens with zero attached hydrogens (tertiary/aromatic N) is 2. The van der Waals surface area contributed by atoms with Gasteiger partial charge in [-0.15, -0.1) is 0 Å². The Labute approximate surface area is 100 Å². The molecule has 0 spiro atoms. The summed E-state index contributed by atoms with van der Waals surface area (Å²) in [5.74, 6) is 0. The molecule has 2 heterocycles.